The van der Waals surface area contributed by atoms with Crippen LogP contribution in [0.15, 0.2) is 16.7 Å². The Balaban J connectivity index is 2.02. The van der Waals surface area contributed by atoms with Gasteiger partial charge < -0.3 is 14.3 Å². The van der Waals surface area contributed by atoms with Crippen molar-refractivity contribution < 1.29 is 19.1 Å². The largest absolute Gasteiger partial charge is 0.478 e. The van der Waals surface area contributed by atoms with E-state index < -0.39 is 5.97 Å². The van der Waals surface area contributed by atoms with Crippen LogP contribution in [0.4, 0.5) is 0 Å². The molecule has 1 atom stereocenters. The van der Waals surface area contributed by atoms with Gasteiger partial charge in [0.15, 0.2) is 0 Å². The predicted molar refractivity (Wildman–Crippen MR) is 65.6 cm³/mol. The minimum atomic E-state index is -0.958. The minimum Gasteiger partial charge on any atom is -0.478 e. The molecule has 0 bridgehead atoms. The van der Waals surface area contributed by atoms with Gasteiger partial charge in [-0.05, 0) is 26.8 Å². The van der Waals surface area contributed by atoms with Gasteiger partial charge in [-0.1, -0.05) is 0 Å². The number of ether oxygens (including phenoxy) is 1. The summed E-state index contributed by atoms with van der Waals surface area (Å²) in [7, 11) is 0. The molecule has 0 aromatic carbocycles. The highest BCUT2D eigenvalue weighted by Gasteiger charge is 2.31. The Morgan fingerprint density at radius 2 is 2.33 bits per heavy atom. The molecule has 5 heteroatoms. The van der Waals surface area contributed by atoms with Crippen molar-refractivity contribution in [3.8, 4) is 0 Å². The SMILES string of the molecule is CC1CN(Cc2cc(C(=O)O)co2)CC(C)(C)O1. The third-order valence-electron chi connectivity index (χ3n) is 2.92. The molecule has 1 saturated heterocycles. The van der Waals surface area contributed by atoms with E-state index in [0.29, 0.717) is 12.3 Å². The van der Waals surface area contributed by atoms with Crippen LogP contribution in [0, 0.1) is 0 Å². The van der Waals surface area contributed by atoms with Gasteiger partial charge >= 0.3 is 5.97 Å². The summed E-state index contributed by atoms with van der Waals surface area (Å²) in [5.74, 6) is -0.280. The third kappa shape index (κ3) is 3.11. The number of aromatic carboxylic acids is 1. The molecule has 2 rings (SSSR count). The van der Waals surface area contributed by atoms with Crippen molar-refractivity contribution >= 4 is 5.97 Å². The Morgan fingerprint density at radius 1 is 1.61 bits per heavy atom. The number of morpholine rings is 1. The zero-order valence-corrected chi connectivity index (χ0v) is 11.0. The van der Waals surface area contributed by atoms with Crippen molar-refractivity contribution in [2.45, 2.75) is 39.0 Å². The smallest absolute Gasteiger partial charge is 0.338 e. The lowest BCUT2D eigenvalue weighted by Gasteiger charge is -2.41. The summed E-state index contributed by atoms with van der Waals surface area (Å²) in [6, 6.07) is 1.58. The van der Waals surface area contributed by atoms with E-state index in [2.05, 4.69) is 18.7 Å². The van der Waals surface area contributed by atoms with Gasteiger partial charge in [0.05, 0.1) is 23.8 Å². The second kappa shape index (κ2) is 4.74. The van der Waals surface area contributed by atoms with E-state index in [1.807, 2.05) is 6.92 Å². The summed E-state index contributed by atoms with van der Waals surface area (Å²) < 4.78 is 11.1. The summed E-state index contributed by atoms with van der Waals surface area (Å²) in [4.78, 5) is 13.0. The highest BCUT2D eigenvalue weighted by atomic mass is 16.5. The van der Waals surface area contributed by atoms with Gasteiger partial charge in [-0.25, -0.2) is 4.79 Å². The molecular weight excluding hydrogens is 234 g/mol. The van der Waals surface area contributed by atoms with E-state index in [0.717, 1.165) is 13.1 Å². The fourth-order valence-electron chi connectivity index (χ4n) is 2.50. The van der Waals surface area contributed by atoms with Crippen LogP contribution in [0.3, 0.4) is 0 Å². The molecule has 0 saturated carbocycles. The van der Waals surface area contributed by atoms with E-state index in [-0.39, 0.29) is 17.3 Å². The normalized spacial score (nSPS) is 24.1. The fraction of sp³-hybridized carbons (Fsp3) is 0.615. The van der Waals surface area contributed by atoms with E-state index in [1.165, 1.54) is 6.26 Å². The van der Waals surface area contributed by atoms with Crippen LogP contribution in [0.1, 0.15) is 36.9 Å². The average Bonchev–Trinajstić information content (AvgIpc) is 2.62. The summed E-state index contributed by atoms with van der Waals surface area (Å²) in [5, 5.41) is 8.84. The van der Waals surface area contributed by atoms with Crippen molar-refractivity contribution in [3.05, 3.63) is 23.7 Å². The highest BCUT2D eigenvalue weighted by molar-refractivity contribution is 5.87. The lowest BCUT2D eigenvalue weighted by Crippen LogP contribution is -2.51. The Labute approximate surface area is 106 Å². The minimum absolute atomic E-state index is 0.169. The molecule has 18 heavy (non-hydrogen) atoms. The Kier molecular flexibility index (Phi) is 3.45. The second-order valence-electron chi connectivity index (χ2n) is 5.46. The monoisotopic (exact) mass is 253 g/mol. The molecule has 0 radical (unpaired) electrons. The maximum atomic E-state index is 10.8. The standard InChI is InChI=1S/C13H19NO4/c1-9-5-14(8-13(2,3)18-9)6-11-4-10(7-17-11)12(15)16/h4,7,9H,5-6,8H2,1-3H3,(H,15,16). The van der Waals surface area contributed by atoms with Crippen LogP contribution in [0.5, 0.6) is 0 Å². The summed E-state index contributed by atoms with van der Waals surface area (Å²) in [6.07, 6.45) is 1.45. The van der Waals surface area contributed by atoms with Gasteiger partial charge in [0.2, 0.25) is 0 Å². The van der Waals surface area contributed by atoms with E-state index in [1.54, 1.807) is 6.07 Å². The summed E-state index contributed by atoms with van der Waals surface area (Å²) in [5.41, 5.74) is 0.0189. The number of hydrogen-bond donors (Lipinski definition) is 1. The molecule has 2 heterocycles. The lowest BCUT2D eigenvalue weighted by molar-refractivity contribution is -0.131. The first-order valence-electron chi connectivity index (χ1n) is 6.06. The number of carboxylic acid groups (broad SMARTS) is 1. The highest BCUT2D eigenvalue weighted by Crippen LogP contribution is 2.22. The topological polar surface area (TPSA) is 62.9 Å². The molecule has 1 aromatic rings. The number of hydrogen-bond acceptors (Lipinski definition) is 4. The first kappa shape index (κ1) is 13.1. The maximum Gasteiger partial charge on any atom is 0.338 e. The van der Waals surface area contributed by atoms with Crippen LogP contribution in [0.25, 0.3) is 0 Å². The summed E-state index contributed by atoms with van der Waals surface area (Å²) in [6.45, 7) is 8.40. The molecule has 0 amide bonds. The van der Waals surface area contributed by atoms with E-state index in [4.69, 9.17) is 14.3 Å². The van der Waals surface area contributed by atoms with Gasteiger partial charge in [0.1, 0.15) is 12.0 Å². The van der Waals surface area contributed by atoms with Gasteiger partial charge in [0, 0.05) is 13.1 Å². The van der Waals surface area contributed by atoms with Crippen molar-refractivity contribution in [3.63, 3.8) is 0 Å². The molecule has 0 spiro atoms. The van der Waals surface area contributed by atoms with Crippen LogP contribution in [-0.4, -0.2) is 40.8 Å². The van der Waals surface area contributed by atoms with Crippen molar-refractivity contribution in [1.29, 1.82) is 0 Å². The van der Waals surface area contributed by atoms with Crippen molar-refractivity contribution in [2.75, 3.05) is 13.1 Å². The van der Waals surface area contributed by atoms with Crippen LogP contribution in [-0.2, 0) is 11.3 Å². The fourth-order valence-corrected chi connectivity index (χ4v) is 2.50. The van der Waals surface area contributed by atoms with E-state index in [9.17, 15) is 4.79 Å². The molecule has 1 N–H and O–H groups in total. The number of rotatable bonds is 3. The lowest BCUT2D eigenvalue weighted by atomic mass is 10.1. The second-order valence-corrected chi connectivity index (χ2v) is 5.46. The number of carboxylic acids is 1. The average molecular weight is 253 g/mol. The van der Waals surface area contributed by atoms with Gasteiger partial charge in [-0.2, -0.15) is 0 Å². The van der Waals surface area contributed by atoms with Crippen LogP contribution >= 0.6 is 0 Å². The van der Waals surface area contributed by atoms with Gasteiger partial charge in [0.25, 0.3) is 0 Å². The van der Waals surface area contributed by atoms with Gasteiger partial charge in [-0.3, -0.25) is 4.90 Å². The van der Waals surface area contributed by atoms with Crippen molar-refractivity contribution in [1.82, 2.24) is 4.90 Å². The predicted octanol–water partition coefficient (Wildman–Crippen LogP) is 1.98. The molecular formula is C13H19NO4. The molecule has 5 nitrogen and oxygen atoms in total. The number of carbonyl (C=O) groups is 1. The van der Waals surface area contributed by atoms with Crippen LogP contribution in [0.2, 0.25) is 0 Å². The molecule has 1 aromatic heterocycles. The third-order valence-corrected chi connectivity index (χ3v) is 2.92. The Hall–Kier alpha value is -1.33. The van der Waals surface area contributed by atoms with Crippen molar-refractivity contribution in [2.24, 2.45) is 0 Å². The van der Waals surface area contributed by atoms with E-state index >= 15 is 0 Å². The first-order chi connectivity index (χ1) is 8.35. The molecule has 1 unspecified atom stereocenters. The Bertz CT molecular complexity index is 438. The zero-order valence-electron chi connectivity index (χ0n) is 11.0. The molecule has 0 aliphatic carbocycles. The number of nitrogens with zero attached hydrogens (tertiary/aromatic N) is 1. The van der Waals surface area contributed by atoms with Crippen LogP contribution < -0.4 is 0 Å². The quantitative estimate of drug-likeness (QED) is 0.892. The molecule has 1 aliphatic heterocycles. The zero-order chi connectivity index (χ0) is 13.3. The Morgan fingerprint density at radius 3 is 2.89 bits per heavy atom. The van der Waals surface area contributed by atoms with Gasteiger partial charge in [-0.15, -0.1) is 0 Å². The number of furan rings is 1. The molecule has 1 aliphatic rings. The molecule has 1 fully saturated rings. The first-order valence-corrected chi connectivity index (χ1v) is 6.06. The maximum absolute atomic E-state index is 10.8. The molecule has 100 valence electrons. The summed E-state index contributed by atoms with van der Waals surface area (Å²) >= 11 is 0.